The Hall–Kier alpha value is -1.79. The van der Waals surface area contributed by atoms with Crippen molar-refractivity contribution < 1.29 is 17.7 Å². The number of halogens is 4. The fourth-order valence-corrected chi connectivity index (χ4v) is 3.71. The van der Waals surface area contributed by atoms with Crippen molar-refractivity contribution >= 4 is 23.0 Å². The molecule has 0 saturated carbocycles. The molecule has 4 nitrogen and oxygen atoms in total. The lowest BCUT2D eigenvalue weighted by Gasteiger charge is -2.32. The standard InChI is InChI=1S/C16H13ClF3N3OS/c1-2-23(25(24)14-7-11(8-21)9-22-10-14)15(16(18,19)20)12-3-5-13(17)6-4-12/h3-7,9-10,15H,2H2,1H3. The Balaban J connectivity index is 2.45. The second kappa shape index (κ2) is 8.06. The maximum absolute atomic E-state index is 13.7. The third kappa shape index (κ3) is 4.64. The molecule has 2 unspecified atom stereocenters. The lowest BCUT2D eigenvalue weighted by Crippen LogP contribution is -2.42. The highest BCUT2D eigenvalue weighted by atomic mass is 35.5. The van der Waals surface area contributed by atoms with E-state index in [0.717, 1.165) is 4.31 Å². The highest BCUT2D eigenvalue weighted by Gasteiger charge is 2.49. The van der Waals surface area contributed by atoms with Gasteiger partial charge in [-0.05, 0) is 24.6 Å². The van der Waals surface area contributed by atoms with Crippen molar-refractivity contribution in [2.45, 2.75) is 24.0 Å². The van der Waals surface area contributed by atoms with E-state index in [4.69, 9.17) is 16.9 Å². The second-order valence-corrected chi connectivity index (χ2v) is 6.87. The van der Waals surface area contributed by atoms with E-state index in [1.54, 1.807) is 0 Å². The van der Waals surface area contributed by atoms with Crippen LogP contribution in [-0.2, 0) is 11.4 Å². The second-order valence-electron chi connectivity index (χ2n) is 5.00. The Bertz CT molecular complexity index is 764. The van der Waals surface area contributed by atoms with Crippen LogP contribution in [0.3, 0.4) is 0 Å². The van der Waals surface area contributed by atoms with Crippen LogP contribution < -0.4 is 0 Å². The summed E-state index contributed by atoms with van der Waals surface area (Å²) in [5.41, 5.74) is 0.0495. The van der Waals surface area contributed by atoms with Gasteiger partial charge in [-0.1, -0.05) is 23.7 Å². The third-order valence-corrected chi connectivity index (χ3v) is 5.13. The average Bonchev–Trinajstić information content (AvgIpc) is 2.59. The Kier molecular flexibility index (Phi) is 6.30. The lowest BCUT2D eigenvalue weighted by atomic mass is 10.1. The van der Waals surface area contributed by atoms with Gasteiger partial charge in [-0.25, -0.2) is 0 Å². The van der Waals surface area contributed by atoms with Crippen LogP contribution in [0.4, 0.5) is 13.2 Å². The molecule has 0 spiro atoms. The number of benzene rings is 1. The van der Waals surface area contributed by atoms with Crippen molar-refractivity contribution in [1.29, 1.82) is 5.26 Å². The van der Waals surface area contributed by atoms with Gasteiger partial charge in [0.05, 0.1) is 23.1 Å². The van der Waals surface area contributed by atoms with Crippen LogP contribution in [0.1, 0.15) is 24.1 Å². The van der Waals surface area contributed by atoms with E-state index in [2.05, 4.69) is 4.98 Å². The summed E-state index contributed by atoms with van der Waals surface area (Å²) in [6.45, 7) is 1.35. The quantitative estimate of drug-likeness (QED) is 0.719. The van der Waals surface area contributed by atoms with Crippen molar-refractivity contribution in [2.24, 2.45) is 0 Å². The van der Waals surface area contributed by atoms with Gasteiger partial charge in [0.15, 0.2) is 10.9 Å². The number of pyridine rings is 1. The van der Waals surface area contributed by atoms with E-state index < -0.39 is 23.6 Å². The molecule has 0 aliphatic rings. The molecule has 9 heteroatoms. The van der Waals surface area contributed by atoms with Crippen LogP contribution in [0.25, 0.3) is 0 Å². The zero-order valence-corrected chi connectivity index (χ0v) is 14.6. The monoisotopic (exact) mass is 387 g/mol. The number of aromatic nitrogens is 1. The number of hydrogen-bond donors (Lipinski definition) is 0. The topological polar surface area (TPSA) is 63.0 Å². The molecule has 2 aromatic rings. The largest absolute Gasteiger partial charge is 0.593 e. The highest BCUT2D eigenvalue weighted by Crippen LogP contribution is 2.40. The summed E-state index contributed by atoms with van der Waals surface area (Å²) in [5.74, 6) is 0. The summed E-state index contributed by atoms with van der Waals surface area (Å²) in [6, 6.07) is 6.22. The molecule has 1 aromatic heterocycles. The van der Waals surface area contributed by atoms with Crippen molar-refractivity contribution in [3.05, 3.63) is 58.9 Å². The molecule has 0 aliphatic carbocycles. The molecule has 0 aliphatic heterocycles. The fourth-order valence-electron chi connectivity index (χ4n) is 2.27. The minimum atomic E-state index is -4.65. The molecule has 25 heavy (non-hydrogen) atoms. The molecule has 0 fully saturated rings. The predicted molar refractivity (Wildman–Crippen MR) is 88.0 cm³/mol. The van der Waals surface area contributed by atoms with Gasteiger partial charge in [0.2, 0.25) is 0 Å². The number of rotatable bonds is 5. The number of hydrogen-bond acceptors (Lipinski definition) is 4. The van der Waals surface area contributed by atoms with Gasteiger partial charge in [0.1, 0.15) is 6.07 Å². The summed E-state index contributed by atoms with van der Waals surface area (Å²) in [4.78, 5) is 3.79. The Morgan fingerprint density at radius 3 is 2.48 bits per heavy atom. The Labute approximate surface area is 151 Å². The first kappa shape index (κ1) is 19.5. The normalized spacial score (nSPS) is 14.2. The van der Waals surface area contributed by atoms with Crippen LogP contribution in [0, 0.1) is 11.3 Å². The summed E-state index contributed by atoms with van der Waals surface area (Å²) in [6.07, 6.45) is -2.22. The maximum Gasteiger partial charge on any atom is 0.412 e. The lowest BCUT2D eigenvalue weighted by molar-refractivity contribution is -0.173. The molecular weight excluding hydrogens is 375 g/mol. The Morgan fingerprint density at radius 2 is 1.96 bits per heavy atom. The molecule has 2 atom stereocenters. The molecule has 132 valence electrons. The van der Waals surface area contributed by atoms with E-state index in [-0.39, 0.29) is 22.6 Å². The average molecular weight is 388 g/mol. The molecule has 0 radical (unpaired) electrons. The van der Waals surface area contributed by atoms with Crippen molar-refractivity contribution in [3.63, 3.8) is 0 Å². The summed E-state index contributed by atoms with van der Waals surface area (Å²) in [7, 11) is 0. The third-order valence-electron chi connectivity index (χ3n) is 3.35. The molecule has 0 N–H and O–H groups in total. The van der Waals surface area contributed by atoms with Crippen LogP contribution in [0.15, 0.2) is 47.6 Å². The van der Waals surface area contributed by atoms with E-state index in [1.165, 1.54) is 49.6 Å². The zero-order valence-electron chi connectivity index (χ0n) is 13.0. The van der Waals surface area contributed by atoms with Gasteiger partial charge < -0.3 is 4.55 Å². The van der Waals surface area contributed by atoms with Gasteiger partial charge in [-0.2, -0.15) is 18.4 Å². The van der Waals surface area contributed by atoms with E-state index in [1.807, 2.05) is 6.07 Å². The predicted octanol–water partition coefficient (Wildman–Crippen LogP) is 4.25. The minimum Gasteiger partial charge on any atom is -0.593 e. The Morgan fingerprint density at radius 1 is 1.32 bits per heavy atom. The molecular formula is C16H13ClF3N3OS. The number of alkyl halides is 3. The molecule has 1 aromatic carbocycles. The first-order chi connectivity index (χ1) is 11.8. The minimum absolute atomic E-state index is 0.0316. The SMILES string of the molecule is CCN(C(c1ccc(Cl)cc1)C(F)(F)F)[S+]([O-])c1cncc(C#N)c1. The molecule has 0 saturated heterocycles. The number of nitriles is 1. The molecule has 2 rings (SSSR count). The van der Waals surface area contributed by atoms with Crippen LogP contribution in [0.2, 0.25) is 5.02 Å². The van der Waals surface area contributed by atoms with Gasteiger partial charge >= 0.3 is 6.18 Å². The number of nitrogens with zero attached hydrogens (tertiary/aromatic N) is 3. The summed E-state index contributed by atoms with van der Waals surface area (Å²) < 4.78 is 54.6. The van der Waals surface area contributed by atoms with Gasteiger partial charge in [-0.3, -0.25) is 4.98 Å². The van der Waals surface area contributed by atoms with Crippen LogP contribution in [-0.4, -0.2) is 26.6 Å². The van der Waals surface area contributed by atoms with Crippen molar-refractivity contribution in [2.75, 3.05) is 6.54 Å². The fraction of sp³-hybridized carbons (Fsp3) is 0.250. The highest BCUT2D eigenvalue weighted by molar-refractivity contribution is 7.89. The zero-order chi connectivity index (χ0) is 18.6. The van der Waals surface area contributed by atoms with Gasteiger partial charge in [0.25, 0.3) is 0 Å². The van der Waals surface area contributed by atoms with E-state index in [0.29, 0.717) is 5.02 Å². The molecule has 0 amide bonds. The first-order valence-corrected chi connectivity index (χ1v) is 8.62. The van der Waals surface area contributed by atoms with E-state index in [9.17, 15) is 17.7 Å². The van der Waals surface area contributed by atoms with Crippen molar-refractivity contribution in [3.8, 4) is 6.07 Å². The summed E-state index contributed by atoms with van der Waals surface area (Å²) >= 11 is 3.59. The van der Waals surface area contributed by atoms with Gasteiger partial charge in [0, 0.05) is 23.8 Å². The van der Waals surface area contributed by atoms with Gasteiger partial charge in [-0.15, -0.1) is 4.31 Å². The van der Waals surface area contributed by atoms with E-state index >= 15 is 0 Å². The molecule has 1 heterocycles. The summed E-state index contributed by atoms with van der Waals surface area (Å²) in [5, 5.41) is 9.19. The molecule has 0 bridgehead atoms. The maximum atomic E-state index is 13.7. The smallest absolute Gasteiger partial charge is 0.412 e. The van der Waals surface area contributed by atoms with Crippen LogP contribution in [0.5, 0.6) is 0 Å². The van der Waals surface area contributed by atoms with Crippen LogP contribution >= 0.6 is 11.6 Å². The first-order valence-electron chi connectivity index (χ1n) is 7.13. The van der Waals surface area contributed by atoms with Crippen molar-refractivity contribution in [1.82, 2.24) is 9.29 Å².